The van der Waals surface area contributed by atoms with Crippen molar-refractivity contribution < 1.29 is 18.7 Å². The van der Waals surface area contributed by atoms with Gasteiger partial charge in [-0.05, 0) is 72.3 Å². The van der Waals surface area contributed by atoms with Gasteiger partial charge in [-0.3, -0.25) is 4.79 Å². The van der Waals surface area contributed by atoms with Crippen molar-refractivity contribution in [3.8, 4) is 0 Å². The predicted molar refractivity (Wildman–Crippen MR) is 139 cm³/mol. The maximum absolute atomic E-state index is 13.7. The van der Waals surface area contributed by atoms with Crippen LogP contribution in [0.2, 0.25) is 0 Å². The third-order valence-corrected chi connectivity index (χ3v) is 8.03. The Hall–Kier alpha value is -2.80. The van der Waals surface area contributed by atoms with E-state index in [1.807, 2.05) is 59.5 Å². The van der Waals surface area contributed by atoms with Crippen LogP contribution in [0.5, 0.6) is 0 Å². The molecule has 3 aromatic carbocycles. The molecule has 6 heteroatoms. The number of methoxy groups -OCH3 is 2. The molecule has 2 fully saturated rings. The molecule has 190 valence electrons. The second-order valence-electron chi connectivity index (χ2n) is 10.1. The van der Waals surface area contributed by atoms with E-state index in [4.69, 9.17) is 9.47 Å². The van der Waals surface area contributed by atoms with Gasteiger partial charge in [0, 0.05) is 45.3 Å². The molecule has 36 heavy (non-hydrogen) atoms. The summed E-state index contributed by atoms with van der Waals surface area (Å²) < 4.78 is 24.7. The number of rotatable bonds is 7. The third-order valence-electron chi connectivity index (χ3n) is 8.03. The summed E-state index contributed by atoms with van der Waals surface area (Å²) in [6, 6.07) is 20.9. The van der Waals surface area contributed by atoms with Crippen LogP contribution >= 0.6 is 0 Å². The normalized spacial score (nSPS) is 21.5. The molecule has 3 aromatic rings. The first-order valence-corrected chi connectivity index (χ1v) is 12.9. The first kappa shape index (κ1) is 24.9. The number of halogens is 1. The summed E-state index contributed by atoms with van der Waals surface area (Å²) in [6.07, 6.45) is 1.76. The molecular weight excluding hydrogens is 455 g/mol. The number of hydrogen-bond acceptors (Lipinski definition) is 4. The number of likely N-dealkylation sites (tertiary alicyclic amines) is 2. The molecule has 0 N–H and O–H groups in total. The van der Waals surface area contributed by atoms with Crippen LogP contribution in [0, 0.1) is 17.7 Å². The monoisotopic (exact) mass is 490 g/mol. The molecule has 1 amide bonds. The van der Waals surface area contributed by atoms with Crippen LogP contribution < -0.4 is 0 Å². The van der Waals surface area contributed by atoms with E-state index >= 15 is 0 Å². The summed E-state index contributed by atoms with van der Waals surface area (Å²) in [5.41, 5.74) is 1.97. The van der Waals surface area contributed by atoms with Crippen molar-refractivity contribution in [2.45, 2.75) is 25.0 Å². The standard InChI is InChI=1S/C30H35FN2O3/c1-35-30(36-2)28-20-33(29(34)27-9-5-7-23-6-3-4-8-26(23)27)19-24(28)18-32-16-14-22(15-17-32)21-10-12-25(31)13-11-21/h3-13,22,24,28,30H,14-20H2,1-2H3/t24-,28-/m0/s1. The Morgan fingerprint density at radius 3 is 2.36 bits per heavy atom. The molecule has 2 atom stereocenters. The van der Waals surface area contributed by atoms with E-state index in [2.05, 4.69) is 4.90 Å². The Bertz CT molecular complexity index is 1170. The Morgan fingerprint density at radius 1 is 0.944 bits per heavy atom. The average molecular weight is 491 g/mol. The summed E-state index contributed by atoms with van der Waals surface area (Å²) in [7, 11) is 3.35. The van der Waals surface area contributed by atoms with Gasteiger partial charge in [-0.15, -0.1) is 0 Å². The molecule has 0 aliphatic carbocycles. The molecule has 2 saturated heterocycles. The quantitative estimate of drug-likeness (QED) is 0.429. The lowest BCUT2D eigenvalue weighted by Gasteiger charge is -2.35. The number of hydrogen-bond donors (Lipinski definition) is 0. The van der Waals surface area contributed by atoms with Gasteiger partial charge < -0.3 is 19.3 Å². The molecular formula is C30H35FN2O3. The minimum absolute atomic E-state index is 0.0697. The van der Waals surface area contributed by atoms with Crippen molar-refractivity contribution in [3.05, 3.63) is 83.7 Å². The Labute approximate surface area is 212 Å². The zero-order valence-electron chi connectivity index (χ0n) is 21.1. The van der Waals surface area contributed by atoms with Gasteiger partial charge >= 0.3 is 0 Å². The van der Waals surface area contributed by atoms with Crippen molar-refractivity contribution in [2.75, 3.05) is 46.9 Å². The number of piperidine rings is 1. The van der Waals surface area contributed by atoms with E-state index in [0.717, 1.165) is 48.8 Å². The van der Waals surface area contributed by atoms with Crippen LogP contribution in [-0.4, -0.2) is 68.9 Å². The topological polar surface area (TPSA) is 42.0 Å². The van der Waals surface area contributed by atoms with E-state index in [1.165, 1.54) is 5.56 Å². The van der Waals surface area contributed by atoms with Gasteiger partial charge in [-0.1, -0.05) is 48.5 Å². The van der Waals surface area contributed by atoms with E-state index < -0.39 is 0 Å². The molecule has 0 bridgehead atoms. The van der Waals surface area contributed by atoms with Crippen molar-refractivity contribution in [1.29, 1.82) is 0 Å². The fraction of sp³-hybridized carbons (Fsp3) is 0.433. The van der Waals surface area contributed by atoms with Crippen LogP contribution in [-0.2, 0) is 9.47 Å². The second-order valence-corrected chi connectivity index (χ2v) is 10.1. The third kappa shape index (κ3) is 5.17. The molecule has 5 nitrogen and oxygen atoms in total. The van der Waals surface area contributed by atoms with Gasteiger partial charge in [0.1, 0.15) is 5.82 Å². The first-order valence-electron chi connectivity index (χ1n) is 12.9. The molecule has 0 spiro atoms. The minimum atomic E-state index is -0.350. The van der Waals surface area contributed by atoms with E-state index in [1.54, 1.807) is 26.4 Å². The molecule has 2 aliphatic heterocycles. The Balaban J connectivity index is 1.28. The zero-order chi connectivity index (χ0) is 25.1. The van der Waals surface area contributed by atoms with Crippen molar-refractivity contribution in [2.24, 2.45) is 11.8 Å². The fourth-order valence-corrected chi connectivity index (χ4v) is 6.11. The molecule has 0 aromatic heterocycles. The van der Waals surface area contributed by atoms with Gasteiger partial charge in [0.05, 0.1) is 0 Å². The largest absolute Gasteiger partial charge is 0.356 e. The van der Waals surface area contributed by atoms with Gasteiger partial charge in [-0.2, -0.15) is 0 Å². The average Bonchev–Trinajstić information content (AvgIpc) is 3.33. The van der Waals surface area contributed by atoms with E-state index in [0.29, 0.717) is 19.0 Å². The van der Waals surface area contributed by atoms with Crippen LogP contribution in [0.25, 0.3) is 10.8 Å². The molecule has 2 aliphatic rings. The highest BCUT2D eigenvalue weighted by Crippen LogP contribution is 2.34. The number of ether oxygens (including phenoxy) is 2. The summed E-state index contributed by atoms with van der Waals surface area (Å²) >= 11 is 0. The molecule has 0 unspecified atom stereocenters. The Morgan fingerprint density at radius 2 is 1.64 bits per heavy atom. The number of carbonyl (C=O) groups is 1. The summed E-state index contributed by atoms with van der Waals surface area (Å²) in [5.74, 6) is 0.721. The number of carbonyl (C=O) groups excluding carboxylic acids is 1. The van der Waals surface area contributed by atoms with E-state index in [9.17, 15) is 9.18 Å². The molecule has 5 rings (SSSR count). The highest BCUT2D eigenvalue weighted by molar-refractivity contribution is 6.07. The van der Waals surface area contributed by atoms with Crippen LogP contribution in [0.15, 0.2) is 66.7 Å². The molecule has 0 saturated carbocycles. The molecule has 2 heterocycles. The van der Waals surface area contributed by atoms with Crippen LogP contribution in [0.1, 0.15) is 34.7 Å². The van der Waals surface area contributed by atoms with Gasteiger partial charge in [-0.25, -0.2) is 4.39 Å². The van der Waals surface area contributed by atoms with Gasteiger partial charge in [0.25, 0.3) is 5.91 Å². The van der Waals surface area contributed by atoms with E-state index in [-0.39, 0.29) is 29.9 Å². The first-order chi connectivity index (χ1) is 17.6. The minimum Gasteiger partial charge on any atom is -0.356 e. The van der Waals surface area contributed by atoms with Crippen molar-refractivity contribution in [3.63, 3.8) is 0 Å². The number of amides is 1. The second kappa shape index (κ2) is 11.1. The predicted octanol–water partition coefficient (Wildman–Crippen LogP) is 5.17. The SMILES string of the molecule is COC(OC)[C@H]1CN(C(=O)c2cccc3ccccc23)C[C@@H]1CN1CCC(c2ccc(F)cc2)CC1. The van der Waals surface area contributed by atoms with Gasteiger partial charge in [0.2, 0.25) is 0 Å². The maximum Gasteiger partial charge on any atom is 0.254 e. The highest BCUT2D eigenvalue weighted by atomic mass is 19.1. The highest BCUT2D eigenvalue weighted by Gasteiger charge is 2.41. The summed E-state index contributed by atoms with van der Waals surface area (Å²) in [6.45, 7) is 4.20. The summed E-state index contributed by atoms with van der Waals surface area (Å²) in [5, 5.41) is 2.06. The number of nitrogens with zero attached hydrogens (tertiary/aromatic N) is 2. The zero-order valence-corrected chi connectivity index (χ0v) is 21.1. The van der Waals surface area contributed by atoms with Crippen LogP contribution in [0.4, 0.5) is 4.39 Å². The number of benzene rings is 3. The molecule has 0 radical (unpaired) electrons. The lowest BCUT2D eigenvalue weighted by molar-refractivity contribution is -0.143. The van der Waals surface area contributed by atoms with Crippen LogP contribution in [0.3, 0.4) is 0 Å². The Kier molecular flexibility index (Phi) is 7.65. The van der Waals surface area contributed by atoms with Gasteiger partial charge in [0.15, 0.2) is 6.29 Å². The number of fused-ring (bicyclic) bond motifs is 1. The fourth-order valence-electron chi connectivity index (χ4n) is 6.11. The lowest BCUT2D eigenvalue weighted by Crippen LogP contribution is -2.41. The summed E-state index contributed by atoms with van der Waals surface area (Å²) in [4.78, 5) is 18.2. The lowest BCUT2D eigenvalue weighted by atomic mass is 9.88. The van der Waals surface area contributed by atoms with Crippen molar-refractivity contribution >= 4 is 16.7 Å². The van der Waals surface area contributed by atoms with Crippen molar-refractivity contribution in [1.82, 2.24) is 9.80 Å². The smallest absolute Gasteiger partial charge is 0.254 e. The maximum atomic E-state index is 13.7.